The molecule has 132 valence electrons. The lowest BCUT2D eigenvalue weighted by atomic mass is 10.1. The number of alkyl halides is 3. The molecule has 0 spiro atoms. The Kier molecular flexibility index (Phi) is 5.46. The first kappa shape index (κ1) is 18.5. The first-order valence-electron chi connectivity index (χ1n) is 7.42. The van der Waals surface area contributed by atoms with Gasteiger partial charge in [-0.05, 0) is 50.2 Å². The number of rotatable bonds is 4. The monoisotopic (exact) mass is 351 g/mol. The number of hydrogen-bond acceptors (Lipinski definition) is 3. The molecule has 4 nitrogen and oxygen atoms in total. The van der Waals surface area contributed by atoms with Crippen LogP contribution in [-0.2, 0) is 15.7 Å². The zero-order chi connectivity index (χ0) is 18.6. The van der Waals surface area contributed by atoms with E-state index in [0.717, 1.165) is 29.8 Å². The van der Waals surface area contributed by atoms with Crippen LogP contribution in [0.3, 0.4) is 0 Å². The molecule has 0 saturated heterocycles. The standard InChI is InChI=1S/C18H16F3NO3/c1-11-3-9-15(10-4-11)22-16(23)12(2)25-17(24)13-5-7-14(8-6-13)18(19,20)21/h3-10,12H,1-2H3,(H,22,23)/t12-/m0/s1. The summed E-state index contributed by atoms with van der Waals surface area (Å²) in [6.45, 7) is 3.28. The molecule has 0 saturated carbocycles. The van der Waals surface area contributed by atoms with Gasteiger partial charge in [0.2, 0.25) is 0 Å². The van der Waals surface area contributed by atoms with Gasteiger partial charge in [0.15, 0.2) is 6.10 Å². The van der Waals surface area contributed by atoms with Crippen LogP contribution in [-0.4, -0.2) is 18.0 Å². The van der Waals surface area contributed by atoms with Crippen LogP contribution < -0.4 is 5.32 Å². The maximum atomic E-state index is 12.5. The zero-order valence-corrected chi connectivity index (χ0v) is 13.6. The number of benzene rings is 2. The van der Waals surface area contributed by atoms with Crippen LogP contribution in [0.15, 0.2) is 48.5 Å². The van der Waals surface area contributed by atoms with E-state index in [1.807, 2.05) is 19.1 Å². The Bertz CT molecular complexity index is 753. The molecule has 0 aliphatic heterocycles. The fourth-order valence-corrected chi connectivity index (χ4v) is 1.96. The predicted molar refractivity (Wildman–Crippen MR) is 86.1 cm³/mol. The Balaban J connectivity index is 1.97. The van der Waals surface area contributed by atoms with Gasteiger partial charge in [-0.3, -0.25) is 4.79 Å². The summed E-state index contributed by atoms with van der Waals surface area (Å²) in [6.07, 6.45) is -5.58. The van der Waals surface area contributed by atoms with Crippen LogP contribution in [0, 0.1) is 6.92 Å². The molecule has 1 N–H and O–H groups in total. The summed E-state index contributed by atoms with van der Waals surface area (Å²) < 4.78 is 42.5. The van der Waals surface area contributed by atoms with E-state index in [9.17, 15) is 22.8 Å². The predicted octanol–water partition coefficient (Wildman–Crippen LogP) is 4.20. The van der Waals surface area contributed by atoms with E-state index in [-0.39, 0.29) is 5.56 Å². The highest BCUT2D eigenvalue weighted by Crippen LogP contribution is 2.29. The van der Waals surface area contributed by atoms with Crippen molar-refractivity contribution < 1.29 is 27.5 Å². The Labute approximate surface area is 142 Å². The molecule has 25 heavy (non-hydrogen) atoms. The molecule has 0 radical (unpaired) electrons. The summed E-state index contributed by atoms with van der Waals surface area (Å²) in [5.41, 5.74) is 0.644. The van der Waals surface area contributed by atoms with E-state index in [2.05, 4.69) is 5.32 Å². The summed E-state index contributed by atoms with van der Waals surface area (Å²) in [4.78, 5) is 23.9. The van der Waals surface area contributed by atoms with Crippen LogP contribution in [0.5, 0.6) is 0 Å². The van der Waals surface area contributed by atoms with Crippen molar-refractivity contribution >= 4 is 17.6 Å². The normalized spacial score (nSPS) is 12.4. The largest absolute Gasteiger partial charge is 0.449 e. The number of ether oxygens (including phenoxy) is 1. The molecule has 0 bridgehead atoms. The topological polar surface area (TPSA) is 55.4 Å². The van der Waals surface area contributed by atoms with Gasteiger partial charge in [0.25, 0.3) is 5.91 Å². The fraction of sp³-hybridized carbons (Fsp3) is 0.222. The molecule has 1 amide bonds. The third-order valence-electron chi connectivity index (χ3n) is 3.42. The number of esters is 1. The maximum absolute atomic E-state index is 12.5. The quantitative estimate of drug-likeness (QED) is 0.840. The summed E-state index contributed by atoms with van der Waals surface area (Å²) in [5, 5.41) is 2.59. The van der Waals surface area contributed by atoms with E-state index in [4.69, 9.17) is 4.74 Å². The Morgan fingerprint density at radius 3 is 2.08 bits per heavy atom. The van der Waals surface area contributed by atoms with E-state index in [1.54, 1.807) is 12.1 Å². The molecule has 1 atom stereocenters. The second-order valence-electron chi connectivity index (χ2n) is 5.48. The second kappa shape index (κ2) is 7.38. The van der Waals surface area contributed by atoms with Crippen LogP contribution >= 0.6 is 0 Å². The van der Waals surface area contributed by atoms with Crippen molar-refractivity contribution in [3.8, 4) is 0 Å². The highest BCUT2D eigenvalue weighted by atomic mass is 19.4. The smallest absolute Gasteiger partial charge is 0.416 e. The lowest BCUT2D eigenvalue weighted by Gasteiger charge is -2.14. The number of carbonyl (C=O) groups is 2. The number of nitrogens with one attached hydrogen (secondary N) is 1. The van der Waals surface area contributed by atoms with Crippen molar-refractivity contribution in [2.75, 3.05) is 5.32 Å². The van der Waals surface area contributed by atoms with Gasteiger partial charge in [0, 0.05) is 5.69 Å². The van der Waals surface area contributed by atoms with E-state index < -0.39 is 29.7 Å². The van der Waals surface area contributed by atoms with Crippen molar-refractivity contribution in [2.45, 2.75) is 26.1 Å². The minimum Gasteiger partial charge on any atom is -0.449 e. The molecule has 2 aromatic rings. The molecule has 7 heteroatoms. The maximum Gasteiger partial charge on any atom is 0.416 e. The van der Waals surface area contributed by atoms with Crippen molar-refractivity contribution in [1.29, 1.82) is 0 Å². The summed E-state index contributed by atoms with van der Waals surface area (Å²) in [6, 6.07) is 10.6. The van der Waals surface area contributed by atoms with Crippen LogP contribution in [0.25, 0.3) is 0 Å². The van der Waals surface area contributed by atoms with Gasteiger partial charge in [-0.15, -0.1) is 0 Å². The van der Waals surface area contributed by atoms with Crippen LogP contribution in [0.1, 0.15) is 28.4 Å². The third kappa shape index (κ3) is 5.07. The second-order valence-corrected chi connectivity index (χ2v) is 5.48. The molecule has 2 rings (SSSR count). The van der Waals surface area contributed by atoms with Crippen molar-refractivity contribution in [2.24, 2.45) is 0 Å². The van der Waals surface area contributed by atoms with E-state index in [0.29, 0.717) is 5.69 Å². The average molecular weight is 351 g/mol. The van der Waals surface area contributed by atoms with E-state index >= 15 is 0 Å². The number of amides is 1. The highest BCUT2D eigenvalue weighted by Gasteiger charge is 2.30. The Morgan fingerprint density at radius 2 is 1.56 bits per heavy atom. The van der Waals surface area contributed by atoms with Crippen molar-refractivity contribution in [3.05, 3.63) is 65.2 Å². The van der Waals surface area contributed by atoms with Gasteiger partial charge in [-0.2, -0.15) is 13.2 Å². The lowest BCUT2D eigenvalue weighted by molar-refractivity contribution is -0.137. The summed E-state index contributed by atoms with van der Waals surface area (Å²) >= 11 is 0. The van der Waals surface area contributed by atoms with E-state index in [1.165, 1.54) is 6.92 Å². The minimum atomic E-state index is -4.48. The Morgan fingerprint density at radius 1 is 1.00 bits per heavy atom. The first-order chi connectivity index (χ1) is 11.7. The summed E-state index contributed by atoms with van der Waals surface area (Å²) in [7, 11) is 0. The molecule has 2 aromatic carbocycles. The van der Waals surface area contributed by atoms with Gasteiger partial charge in [0.1, 0.15) is 0 Å². The van der Waals surface area contributed by atoms with Gasteiger partial charge in [-0.25, -0.2) is 4.79 Å². The summed E-state index contributed by atoms with van der Waals surface area (Å²) in [5.74, 6) is -1.41. The molecule has 0 unspecified atom stereocenters. The fourth-order valence-electron chi connectivity index (χ4n) is 1.96. The average Bonchev–Trinajstić information content (AvgIpc) is 2.56. The molecular weight excluding hydrogens is 335 g/mol. The lowest BCUT2D eigenvalue weighted by Crippen LogP contribution is -2.30. The highest BCUT2D eigenvalue weighted by molar-refractivity contribution is 5.97. The number of anilines is 1. The van der Waals surface area contributed by atoms with Gasteiger partial charge >= 0.3 is 12.1 Å². The van der Waals surface area contributed by atoms with Crippen LogP contribution in [0.4, 0.5) is 18.9 Å². The Hall–Kier alpha value is -2.83. The van der Waals surface area contributed by atoms with Crippen LogP contribution in [0.2, 0.25) is 0 Å². The third-order valence-corrected chi connectivity index (χ3v) is 3.42. The molecule has 0 heterocycles. The number of halogens is 3. The zero-order valence-electron chi connectivity index (χ0n) is 13.6. The number of carbonyl (C=O) groups excluding carboxylic acids is 2. The van der Waals surface area contributed by atoms with Crippen molar-refractivity contribution in [3.63, 3.8) is 0 Å². The van der Waals surface area contributed by atoms with Gasteiger partial charge < -0.3 is 10.1 Å². The molecule has 0 aliphatic rings. The number of aryl methyl sites for hydroxylation is 1. The first-order valence-corrected chi connectivity index (χ1v) is 7.42. The molecule has 0 aliphatic carbocycles. The van der Waals surface area contributed by atoms with Gasteiger partial charge in [0.05, 0.1) is 11.1 Å². The number of hydrogen-bond donors (Lipinski definition) is 1. The molecule has 0 aromatic heterocycles. The van der Waals surface area contributed by atoms with Crippen molar-refractivity contribution in [1.82, 2.24) is 0 Å². The minimum absolute atomic E-state index is 0.0667. The SMILES string of the molecule is Cc1ccc(NC(=O)[C@H](C)OC(=O)c2ccc(C(F)(F)F)cc2)cc1. The van der Waals surface area contributed by atoms with Gasteiger partial charge in [-0.1, -0.05) is 17.7 Å². The molecule has 0 fully saturated rings. The molecular formula is C18H16F3NO3.